The lowest BCUT2D eigenvalue weighted by atomic mass is 10.1. The monoisotopic (exact) mass is 434 g/mol. The number of fused-ring (bicyclic) bond motifs is 1. The lowest BCUT2D eigenvalue weighted by Crippen LogP contribution is -2.38. The van der Waals surface area contributed by atoms with Crippen LogP contribution in [0.4, 0.5) is 5.69 Å². The molecule has 1 aromatic heterocycles. The van der Waals surface area contributed by atoms with Gasteiger partial charge in [0.2, 0.25) is 11.8 Å². The van der Waals surface area contributed by atoms with E-state index in [4.69, 9.17) is 4.74 Å². The van der Waals surface area contributed by atoms with Crippen molar-refractivity contribution in [3.8, 4) is 5.75 Å². The zero-order valence-electron chi connectivity index (χ0n) is 18.1. The summed E-state index contributed by atoms with van der Waals surface area (Å²) in [7, 11) is 3.42. The Balaban J connectivity index is 1.27. The fraction of sp³-hybridized carbons (Fsp3) is 0.292. The minimum absolute atomic E-state index is 0.0949. The van der Waals surface area contributed by atoms with Crippen LogP contribution < -0.4 is 20.3 Å². The summed E-state index contributed by atoms with van der Waals surface area (Å²) in [4.78, 5) is 39.1. The summed E-state index contributed by atoms with van der Waals surface area (Å²) >= 11 is 0. The molecular weight excluding hydrogens is 408 g/mol. The number of carbonyl (C=O) groups excluding carboxylic acids is 3. The van der Waals surface area contributed by atoms with Crippen LogP contribution in [0.3, 0.4) is 0 Å². The molecule has 1 saturated heterocycles. The molecule has 3 aromatic rings. The van der Waals surface area contributed by atoms with Gasteiger partial charge in [-0.1, -0.05) is 24.3 Å². The smallest absolute Gasteiger partial charge is 0.267 e. The maximum absolute atomic E-state index is 12.5. The van der Waals surface area contributed by atoms with Crippen LogP contribution in [0.2, 0.25) is 0 Å². The van der Waals surface area contributed by atoms with Gasteiger partial charge < -0.3 is 24.8 Å². The molecular formula is C24H26N4O4. The van der Waals surface area contributed by atoms with Crippen molar-refractivity contribution < 1.29 is 19.1 Å². The number of hydrogen-bond donors (Lipinski definition) is 2. The minimum atomic E-state index is -0.428. The second-order valence-corrected chi connectivity index (χ2v) is 7.80. The molecule has 4 rings (SSSR count). The minimum Gasteiger partial charge on any atom is -0.497 e. The van der Waals surface area contributed by atoms with Crippen molar-refractivity contribution in [3.05, 3.63) is 60.3 Å². The third-order valence-corrected chi connectivity index (χ3v) is 5.75. The topological polar surface area (TPSA) is 92.7 Å². The Kier molecular flexibility index (Phi) is 6.11. The summed E-state index contributed by atoms with van der Waals surface area (Å²) in [5, 5.41) is 6.66. The van der Waals surface area contributed by atoms with E-state index < -0.39 is 5.92 Å². The van der Waals surface area contributed by atoms with Crippen molar-refractivity contribution in [2.45, 2.75) is 6.42 Å². The lowest BCUT2D eigenvalue weighted by molar-refractivity contribution is -0.126. The number of benzene rings is 2. The van der Waals surface area contributed by atoms with Gasteiger partial charge in [-0.15, -0.1) is 0 Å². The van der Waals surface area contributed by atoms with Gasteiger partial charge in [0.1, 0.15) is 11.4 Å². The number of ether oxygens (including phenoxy) is 1. The lowest BCUT2D eigenvalue weighted by Gasteiger charge is -2.17. The van der Waals surface area contributed by atoms with Crippen LogP contribution in [-0.4, -0.2) is 49.0 Å². The average Bonchev–Trinajstić information content (AvgIpc) is 3.37. The van der Waals surface area contributed by atoms with Gasteiger partial charge in [0.05, 0.1) is 13.0 Å². The van der Waals surface area contributed by atoms with E-state index in [0.29, 0.717) is 36.8 Å². The SMILES string of the molecule is COc1cccc(N2CC(C(=O)NCCNC(=O)c3cc4ccccc4n3C)CC2=O)c1. The Hall–Kier alpha value is -3.81. The molecule has 0 bridgehead atoms. The molecule has 1 atom stereocenters. The standard InChI is InChI=1S/C24H26N4O4/c1-27-20-9-4-3-6-16(20)12-21(27)24(31)26-11-10-25-23(30)17-13-22(29)28(15-17)18-7-5-8-19(14-18)32-2/h3-9,12,14,17H,10-11,13,15H2,1-2H3,(H,25,30)(H,26,31). The number of anilines is 1. The highest BCUT2D eigenvalue weighted by atomic mass is 16.5. The molecule has 1 aliphatic heterocycles. The van der Waals surface area contributed by atoms with E-state index in [2.05, 4.69) is 10.6 Å². The zero-order valence-corrected chi connectivity index (χ0v) is 18.1. The number of aromatic nitrogens is 1. The predicted molar refractivity (Wildman–Crippen MR) is 122 cm³/mol. The number of rotatable bonds is 7. The fourth-order valence-electron chi connectivity index (χ4n) is 4.01. The van der Waals surface area contributed by atoms with Crippen molar-refractivity contribution in [3.63, 3.8) is 0 Å². The molecule has 1 unspecified atom stereocenters. The van der Waals surface area contributed by atoms with Crippen LogP contribution in [0.25, 0.3) is 10.9 Å². The number of carbonyl (C=O) groups is 3. The second kappa shape index (κ2) is 9.13. The first-order valence-electron chi connectivity index (χ1n) is 10.5. The van der Waals surface area contributed by atoms with Gasteiger partial charge in [-0.25, -0.2) is 0 Å². The summed E-state index contributed by atoms with van der Waals surface area (Å²) < 4.78 is 7.06. The summed E-state index contributed by atoms with van der Waals surface area (Å²) in [6.45, 7) is 0.908. The summed E-state index contributed by atoms with van der Waals surface area (Å²) in [5.74, 6) is -0.254. The Morgan fingerprint density at radius 1 is 1.06 bits per heavy atom. The Labute approximate surface area is 186 Å². The van der Waals surface area contributed by atoms with Gasteiger partial charge in [-0.2, -0.15) is 0 Å². The number of para-hydroxylation sites is 1. The maximum atomic E-state index is 12.5. The predicted octanol–water partition coefficient (Wildman–Crippen LogP) is 2.09. The van der Waals surface area contributed by atoms with Gasteiger partial charge in [0.25, 0.3) is 5.91 Å². The van der Waals surface area contributed by atoms with E-state index in [1.807, 2.05) is 54.1 Å². The quantitative estimate of drug-likeness (QED) is 0.557. The number of methoxy groups -OCH3 is 1. The molecule has 0 spiro atoms. The molecule has 2 aromatic carbocycles. The van der Waals surface area contributed by atoms with E-state index in [9.17, 15) is 14.4 Å². The van der Waals surface area contributed by atoms with E-state index in [1.165, 1.54) is 0 Å². The number of aryl methyl sites for hydroxylation is 1. The molecule has 8 nitrogen and oxygen atoms in total. The molecule has 8 heteroatoms. The van der Waals surface area contributed by atoms with Gasteiger partial charge >= 0.3 is 0 Å². The van der Waals surface area contributed by atoms with E-state index in [-0.39, 0.29) is 24.1 Å². The summed E-state index contributed by atoms with van der Waals surface area (Å²) in [5.41, 5.74) is 2.26. The van der Waals surface area contributed by atoms with Crippen molar-refractivity contribution >= 4 is 34.3 Å². The Bertz CT molecular complexity index is 1170. The summed E-state index contributed by atoms with van der Waals surface area (Å²) in [6.07, 6.45) is 0.158. The average molecular weight is 434 g/mol. The van der Waals surface area contributed by atoms with Crippen molar-refractivity contribution in [1.82, 2.24) is 15.2 Å². The van der Waals surface area contributed by atoms with Crippen LogP contribution in [-0.2, 0) is 16.6 Å². The van der Waals surface area contributed by atoms with Gasteiger partial charge in [0, 0.05) is 55.8 Å². The van der Waals surface area contributed by atoms with Crippen LogP contribution in [0.1, 0.15) is 16.9 Å². The zero-order chi connectivity index (χ0) is 22.7. The van der Waals surface area contributed by atoms with Gasteiger partial charge in [-0.05, 0) is 24.3 Å². The highest BCUT2D eigenvalue weighted by Gasteiger charge is 2.35. The first-order valence-corrected chi connectivity index (χ1v) is 10.5. The Morgan fingerprint density at radius 3 is 2.62 bits per heavy atom. The van der Waals surface area contributed by atoms with Gasteiger partial charge in [-0.3, -0.25) is 14.4 Å². The molecule has 2 heterocycles. The second-order valence-electron chi connectivity index (χ2n) is 7.80. The van der Waals surface area contributed by atoms with Crippen LogP contribution >= 0.6 is 0 Å². The van der Waals surface area contributed by atoms with Crippen LogP contribution in [0.15, 0.2) is 54.6 Å². The molecule has 3 amide bonds. The van der Waals surface area contributed by atoms with Crippen molar-refractivity contribution in [1.29, 1.82) is 0 Å². The molecule has 2 N–H and O–H groups in total. The van der Waals surface area contributed by atoms with E-state index >= 15 is 0 Å². The fourth-order valence-corrected chi connectivity index (χ4v) is 4.01. The largest absolute Gasteiger partial charge is 0.497 e. The first kappa shape index (κ1) is 21.4. The third kappa shape index (κ3) is 4.30. The number of nitrogens with zero attached hydrogens (tertiary/aromatic N) is 2. The van der Waals surface area contributed by atoms with Gasteiger partial charge in [0.15, 0.2) is 0 Å². The van der Waals surface area contributed by atoms with E-state index in [1.54, 1.807) is 24.1 Å². The molecule has 32 heavy (non-hydrogen) atoms. The molecule has 0 aliphatic carbocycles. The molecule has 1 aliphatic rings. The van der Waals surface area contributed by atoms with Crippen molar-refractivity contribution in [2.24, 2.45) is 13.0 Å². The Morgan fingerprint density at radius 2 is 1.84 bits per heavy atom. The molecule has 0 radical (unpaired) electrons. The number of nitrogens with one attached hydrogen (secondary N) is 2. The number of amides is 3. The van der Waals surface area contributed by atoms with Crippen LogP contribution in [0, 0.1) is 5.92 Å². The molecule has 0 saturated carbocycles. The molecule has 166 valence electrons. The highest BCUT2D eigenvalue weighted by Crippen LogP contribution is 2.28. The third-order valence-electron chi connectivity index (χ3n) is 5.75. The maximum Gasteiger partial charge on any atom is 0.267 e. The molecule has 1 fully saturated rings. The van der Waals surface area contributed by atoms with Crippen LogP contribution in [0.5, 0.6) is 5.75 Å². The first-order chi connectivity index (χ1) is 15.5. The van der Waals surface area contributed by atoms with E-state index in [0.717, 1.165) is 10.9 Å². The van der Waals surface area contributed by atoms with Crippen molar-refractivity contribution in [2.75, 3.05) is 31.6 Å². The summed E-state index contributed by atoms with van der Waals surface area (Å²) in [6, 6.07) is 16.9. The highest BCUT2D eigenvalue weighted by molar-refractivity contribution is 6.00. The number of hydrogen-bond acceptors (Lipinski definition) is 4. The normalized spacial score (nSPS) is 15.8.